The fourth-order valence-electron chi connectivity index (χ4n) is 3.05. The van der Waals surface area contributed by atoms with Crippen molar-refractivity contribution in [2.45, 2.75) is 49.9 Å². The zero-order valence-corrected chi connectivity index (χ0v) is 15.8. The molecule has 140 valence electrons. The number of hydrogen-bond acceptors (Lipinski definition) is 5. The van der Waals surface area contributed by atoms with Gasteiger partial charge in [-0.3, -0.25) is 4.79 Å². The Morgan fingerprint density at radius 3 is 2.73 bits per heavy atom. The van der Waals surface area contributed by atoms with Gasteiger partial charge < -0.3 is 14.6 Å². The van der Waals surface area contributed by atoms with Gasteiger partial charge in [0.2, 0.25) is 5.91 Å². The standard InChI is InChI=1S/C18H23FN4O2S/c1-12(25-15-9-7-13(19)8-10-15)17-21-22-18(23(17)2)26-11-16(24)20-14-5-3-4-6-14/h7-10,12,14H,3-6,11H2,1-2H3,(H,20,24)/t12-/m0/s1. The van der Waals surface area contributed by atoms with Crippen molar-refractivity contribution >= 4 is 17.7 Å². The van der Waals surface area contributed by atoms with Gasteiger partial charge in [0.25, 0.3) is 0 Å². The third kappa shape index (κ3) is 4.75. The van der Waals surface area contributed by atoms with Crippen LogP contribution in [0.25, 0.3) is 0 Å². The second kappa shape index (κ2) is 8.53. The summed E-state index contributed by atoms with van der Waals surface area (Å²) in [6.07, 6.45) is 4.18. The van der Waals surface area contributed by atoms with Gasteiger partial charge in [-0.25, -0.2) is 4.39 Å². The Kier molecular flexibility index (Phi) is 6.13. The lowest BCUT2D eigenvalue weighted by molar-refractivity contribution is -0.119. The first-order chi connectivity index (χ1) is 12.5. The normalized spacial score (nSPS) is 15.8. The Morgan fingerprint density at radius 1 is 1.35 bits per heavy atom. The third-order valence-electron chi connectivity index (χ3n) is 4.41. The van der Waals surface area contributed by atoms with Crippen molar-refractivity contribution in [2.24, 2.45) is 7.05 Å². The van der Waals surface area contributed by atoms with Crippen molar-refractivity contribution < 1.29 is 13.9 Å². The molecule has 1 aliphatic rings. The van der Waals surface area contributed by atoms with Crippen LogP contribution in [0.15, 0.2) is 29.4 Å². The summed E-state index contributed by atoms with van der Waals surface area (Å²) < 4.78 is 20.6. The van der Waals surface area contributed by atoms with E-state index in [1.165, 1.54) is 36.7 Å². The molecule has 1 N–H and O–H groups in total. The Hall–Kier alpha value is -2.09. The van der Waals surface area contributed by atoms with Crippen LogP contribution in [0.3, 0.4) is 0 Å². The van der Waals surface area contributed by atoms with E-state index < -0.39 is 0 Å². The van der Waals surface area contributed by atoms with Crippen molar-refractivity contribution in [2.75, 3.05) is 5.75 Å². The number of carbonyl (C=O) groups is 1. The third-order valence-corrected chi connectivity index (χ3v) is 5.43. The number of nitrogens with zero attached hydrogens (tertiary/aromatic N) is 3. The van der Waals surface area contributed by atoms with Gasteiger partial charge in [-0.2, -0.15) is 0 Å². The minimum Gasteiger partial charge on any atom is -0.483 e. The number of aromatic nitrogens is 3. The average Bonchev–Trinajstić information content (AvgIpc) is 3.25. The zero-order valence-electron chi connectivity index (χ0n) is 14.9. The lowest BCUT2D eigenvalue weighted by atomic mass is 10.2. The van der Waals surface area contributed by atoms with Crippen LogP contribution in [0, 0.1) is 5.82 Å². The summed E-state index contributed by atoms with van der Waals surface area (Å²) in [6.45, 7) is 1.86. The Labute approximate surface area is 156 Å². The molecule has 0 saturated heterocycles. The molecule has 0 unspecified atom stereocenters. The average molecular weight is 378 g/mol. The largest absolute Gasteiger partial charge is 0.483 e. The van der Waals surface area contributed by atoms with Gasteiger partial charge >= 0.3 is 0 Å². The van der Waals surface area contributed by atoms with Crippen molar-refractivity contribution in [3.05, 3.63) is 35.9 Å². The van der Waals surface area contributed by atoms with E-state index in [0.717, 1.165) is 12.8 Å². The predicted molar refractivity (Wildman–Crippen MR) is 97.6 cm³/mol. The van der Waals surface area contributed by atoms with Crippen LogP contribution in [-0.2, 0) is 11.8 Å². The topological polar surface area (TPSA) is 69.0 Å². The number of benzene rings is 1. The summed E-state index contributed by atoms with van der Waals surface area (Å²) in [6, 6.07) is 6.17. The van der Waals surface area contributed by atoms with E-state index >= 15 is 0 Å². The molecule has 6 nitrogen and oxygen atoms in total. The number of carbonyl (C=O) groups excluding carboxylic acids is 1. The van der Waals surface area contributed by atoms with Crippen molar-refractivity contribution in [1.29, 1.82) is 0 Å². The molecule has 0 aliphatic heterocycles. The monoisotopic (exact) mass is 378 g/mol. The van der Waals surface area contributed by atoms with E-state index in [1.54, 1.807) is 12.1 Å². The number of ether oxygens (including phenoxy) is 1. The number of hydrogen-bond donors (Lipinski definition) is 1. The molecule has 1 saturated carbocycles. The van der Waals surface area contributed by atoms with Crippen molar-refractivity contribution in [3.8, 4) is 5.75 Å². The maximum absolute atomic E-state index is 13.0. The first-order valence-electron chi connectivity index (χ1n) is 8.76. The summed E-state index contributed by atoms with van der Waals surface area (Å²) in [5.74, 6) is 1.25. The predicted octanol–water partition coefficient (Wildman–Crippen LogP) is 3.25. The number of amides is 1. The highest BCUT2D eigenvalue weighted by molar-refractivity contribution is 7.99. The Balaban J connectivity index is 1.54. The van der Waals surface area contributed by atoms with E-state index in [0.29, 0.717) is 28.5 Å². The zero-order chi connectivity index (χ0) is 18.5. The lowest BCUT2D eigenvalue weighted by Crippen LogP contribution is -2.33. The summed E-state index contributed by atoms with van der Waals surface area (Å²) in [5, 5.41) is 12.1. The van der Waals surface area contributed by atoms with E-state index in [4.69, 9.17) is 4.74 Å². The second-order valence-corrected chi connectivity index (χ2v) is 7.39. The molecule has 1 aromatic heterocycles. The molecular formula is C18H23FN4O2S. The maximum atomic E-state index is 13.0. The van der Waals surface area contributed by atoms with E-state index in [2.05, 4.69) is 15.5 Å². The summed E-state index contributed by atoms with van der Waals surface area (Å²) in [7, 11) is 1.84. The van der Waals surface area contributed by atoms with Crippen LogP contribution in [0.5, 0.6) is 5.75 Å². The van der Waals surface area contributed by atoms with Crippen LogP contribution in [0.4, 0.5) is 4.39 Å². The van der Waals surface area contributed by atoms with Crippen LogP contribution in [0.1, 0.15) is 44.5 Å². The lowest BCUT2D eigenvalue weighted by Gasteiger charge is -2.14. The van der Waals surface area contributed by atoms with Crippen molar-refractivity contribution in [1.82, 2.24) is 20.1 Å². The summed E-state index contributed by atoms with van der Waals surface area (Å²) in [4.78, 5) is 12.0. The van der Waals surface area contributed by atoms with E-state index in [1.807, 2.05) is 18.5 Å². The van der Waals surface area contributed by atoms with Gasteiger partial charge in [0.05, 0.1) is 5.75 Å². The first kappa shape index (κ1) is 18.7. The highest BCUT2D eigenvalue weighted by atomic mass is 32.2. The fraction of sp³-hybridized carbons (Fsp3) is 0.500. The molecule has 0 spiro atoms. The molecule has 0 bridgehead atoms. The molecule has 1 heterocycles. The second-order valence-electron chi connectivity index (χ2n) is 6.45. The summed E-state index contributed by atoms with van der Waals surface area (Å²) in [5.41, 5.74) is 0. The van der Waals surface area contributed by atoms with Gasteiger partial charge in [-0.05, 0) is 44.0 Å². The molecule has 3 rings (SSSR count). The number of halogens is 1. The number of thioether (sulfide) groups is 1. The molecule has 1 amide bonds. The molecule has 1 aliphatic carbocycles. The molecule has 26 heavy (non-hydrogen) atoms. The molecular weight excluding hydrogens is 355 g/mol. The molecule has 1 aromatic carbocycles. The minimum absolute atomic E-state index is 0.0297. The molecule has 2 aromatic rings. The van der Waals surface area contributed by atoms with Gasteiger partial charge in [0.15, 0.2) is 17.1 Å². The highest BCUT2D eigenvalue weighted by Crippen LogP contribution is 2.24. The fourth-order valence-corrected chi connectivity index (χ4v) is 3.77. The van der Waals surface area contributed by atoms with Crippen LogP contribution < -0.4 is 10.1 Å². The van der Waals surface area contributed by atoms with Gasteiger partial charge in [-0.1, -0.05) is 24.6 Å². The van der Waals surface area contributed by atoms with Crippen LogP contribution >= 0.6 is 11.8 Å². The quantitative estimate of drug-likeness (QED) is 0.749. The Morgan fingerprint density at radius 2 is 2.04 bits per heavy atom. The highest BCUT2D eigenvalue weighted by Gasteiger charge is 2.20. The SMILES string of the molecule is C[C@H](Oc1ccc(F)cc1)c1nnc(SCC(=O)NC2CCCC2)n1C. The van der Waals surface area contributed by atoms with Gasteiger partial charge in [-0.15, -0.1) is 10.2 Å². The smallest absolute Gasteiger partial charge is 0.230 e. The maximum Gasteiger partial charge on any atom is 0.230 e. The Bertz CT molecular complexity index is 744. The van der Waals surface area contributed by atoms with Gasteiger partial charge in [0, 0.05) is 13.1 Å². The molecule has 8 heteroatoms. The number of nitrogens with one attached hydrogen (secondary N) is 1. The van der Waals surface area contributed by atoms with Crippen molar-refractivity contribution in [3.63, 3.8) is 0 Å². The molecule has 1 fully saturated rings. The number of rotatable bonds is 7. The molecule has 1 atom stereocenters. The van der Waals surface area contributed by atoms with E-state index in [9.17, 15) is 9.18 Å². The van der Waals surface area contributed by atoms with Crippen LogP contribution in [0.2, 0.25) is 0 Å². The minimum atomic E-state index is -0.348. The first-order valence-corrected chi connectivity index (χ1v) is 9.75. The molecule has 0 radical (unpaired) electrons. The van der Waals surface area contributed by atoms with E-state index in [-0.39, 0.29) is 17.8 Å². The summed E-state index contributed by atoms with van der Waals surface area (Å²) >= 11 is 1.36. The van der Waals surface area contributed by atoms with Crippen LogP contribution in [-0.4, -0.2) is 32.5 Å². The van der Waals surface area contributed by atoms with Gasteiger partial charge in [0.1, 0.15) is 11.6 Å².